The molecule has 0 radical (unpaired) electrons. The number of aromatic nitrogens is 3. The molecule has 0 aliphatic carbocycles. The third-order valence-corrected chi connectivity index (χ3v) is 4.49. The standard InChI is InChI=1S/C12H11N5OS2/c1-2-9-16-17-12(20-9)15-10(18)6-3-4-7-8(5-6)19-11(13)14-7/h3-5H,2H2,1H3,(H2,13,14)(H,15,17,18). The Kier molecular flexibility index (Phi) is 3.33. The molecule has 2 heterocycles. The summed E-state index contributed by atoms with van der Waals surface area (Å²) in [6.45, 7) is 1.99. The van der Waals surface area contributed by atoms with Crippen molar-refractivity contribution < 1.29 is 4.79 Å². The highest BCUT2D eigenvalue weighted by Crippen LogP contribution is 2.25. The third-order valence-electron chi connectivity index (χ3n) is 2.66. The van der Waals surface area contributed by atoms with E-state index in [0.717, 1.165) is 21.6 Å². The lowest BCUT2D eigenvalue weighted by Crippen LogP contribution is -2.11. The van der Waals surface area contributed by atoms with Crippen LogP contribution in [-0.4, -0.2) is 21.1 Å². The van der Waals surface area contributed by atoms with Gasteiger partial charge in [-0.1, -0.05) is 29.6 Å². The van der Waals surface area contributed by atoms with Gasteiger partial charge in [-0.15, -0.1) is 10.2 Å². The molecule has 102 valence electrons. The van der Waals surface area contributed by atoms with Crippen molar-refractivity contribution >= 4 is 49.1 Å². The van der Waals surface area contributed by atoms with Crippen molar-refractivity contribution in [2.24, 2.45) is 0 Å². The predicted molar refractivity (Wildman–Crippen MR) is 81.3 cm³/mol. The highest BCUT2D eigenvalue weighted by molar-refractivity contribution is 7.22. The topological polar surface area (TPSA) is 93.8 Å². The molecule has 20 heavy (non-hydrogen) atoms. The lowest BCUT2D eigenvalue weighted by Gasteiger charge is -2.00. The molecule has 3 N–H and O–H groups in total. The lowest BCUT2D eigenvalue weighted by molar-refractivity contribution is 0.102. The first-order chi connectivity index (χ1) is 9.65. The maximum absolute atomic E-state index is 12.1. The summed E-state index contributed by atoms with van der Waals surface area (Å²) in [5, 5.41) is 12.5. The van der Waals surface area contributed by atoms with E-state index < -0.39 is 0 Å². The molecule has 0 saturated carbocycles. The summed E-state index contributed by atoms with van der Waals surface area (Å²) in [6.07, 6.45) is 0.805. The SMILES string of the molecule is CCc1nnc(NC(=O)c2ccc3nc(N)sc3c2)s1. The van der Waals surface area contributed by atoms with Crippen molar-refractivity contribution in [3.05, 3.63) is 28.8 Å². The number of carbonyl (C=O) groups excluding carboxylic acids is 1. The molecule has 0 aliphatic heterocycles. The molecular formula is C12H11N5OS2. The second kappa shape index (κ2) is 5.14. The van der Waals surface area contributed by atoms with Crippen LogP contribution in [0.1, 0.15) is 22.3 Å². The summed E-state index contributed by atoms with van der Waals surface area (Å²) in [7, 11) is 0. The first kappa shape index (κ1) is 12.9. The molecule has 0 saturated heterocycles. The van der Waals surface area contributed by atoms with Gasteiger partial charge in [0.05, 0.1) is 10.2 Å². The van der Waals surface area contributed by atoms with Gasteiger partial charge in [-0.05, 0) is 24.6 Å². The molecule has 2 aromatic heterocycles. The Morgan fingerprint density at radius 3 is 2.95 bits per heavy atom. The average molecular weight is 305 g/mol. The fourth-order valence-electron chi connectivity index (χ4n) is 1.70. The van der Waals surface area contributed by atoms with Crippen LogP contribution in [0.2, 0.25) is 0 Å². The zero-order valence-electron chi connectivity index (χ0n) is 10.6. The third kappa shape index (κ3) is 2.47. The highest BCUT2D eigenvalue weighted by Gasteiger charge is 2.11. The monoisotopic (exact) mass is 305 g/mol. The predicted octanol–water partition coefficient (Wildman–Crippen LogP) is 2.54. The molecule has 0 aliphatic rings. The number of hydrogen-bond donors (Lipinski definition) is 2. The molecular weight excluding hydrogens is 294 g/mol. The van der Waals surface area contributed by atoms with E-state index in [1.54, 1.807) is 18.2 Å². The van der Waals surface area contributed by atoms with Crippen LogP contribution in [0.3, 0.4) is 0 Å². The van der Waals surface area contributed by atoms with Crippen LogP contribution in [0, 0.1) is 0 Å². The van der Waals surface area contributed by atoms with Gasteiger partial charge in [0.2, 0.25) is 5.13 Å². The van der Waals surface area contributed by atoms with E-state index >= 15 is 0 Å². The number of carbonyl (C=O) groups is 1. The van der Waals surface area contributed by atoms with Crippen LogP contribution in [-0.2, 0) is 6.42 Å². The van der Waals surface area contributed by atoms with Crippen molar-refractivity contribution in [3.8, 4) is 0 Å². The van der Waals surface area contributed by atoms with Gasteiger partial charge in [0.25, 0.3) is 5.91 Å². The number of fused-ring (bicyclic) bond motifs is 1. The number of nitrogen functional groups attached to an aromatic ring is 1. The smallest absolute Gasteiger partial charge is 0.257 e. The number of anilines is 2. The Balaban J connectivity index is 1.84. The Bertz CT molecular complexity index is 779. The number of aryl methyl sites for hydroxylation is 1. The Morgan fingerprint density at radius 1 is 1.35 bits per heavy atom. The normalized spacial score (nSPS) is 10.8. The van der Waals surface area contributed by atoms with E-state index in [4.69, 9.17) is 5.73 Å². The van der Waals surface area contributed by atoms with Gasteiger partial charge in [-0.3, -0.25) is 10.1 Å². The number of benzene rings is 1. The summed E-state index contributed by atoms with van der Waals surface area (Å²) in [5.41, 5.74) is 7.00. The number of hydrogen-bond acceptors (Lipinski definition) is 7. The number of nitrogens with two attached hydrogens (primary N) is 1. The van der Waals surface area contributed by atoms with Gasteiger partial charge in [0, 0.05) is 5.56 Å². The highest BCUT2D eigenvalue weighted by atomic mass is 32.1. The molecule has 3 aromatic rings. The largest absolute Gasteiger partial charge is 0.375 e. The second-order valence-corrected chi connectivity index (χ2v) is 6.17. The molecule has 1 amide bonds. The van der Waals surface area contributed by atoms with Crippen LogP contribution in [0.4, 0.5) is 10.3 Å². The van der Waals surface area contributed by atoms with Gasteiger partial charge in [-0.2, -0.15) is 0 Å². The number of nitrogens with one attached hydrogen (secondary N) is 1. The maximum Gasteiger partial charge on any atom is 0.257 e. The molecule has 0 unspecified atom stereocenters. The second-order valence-electron chi connectivity index (χ2n) is 4.04. The fourth-order valence-corrected chi connectivity index (χ4v) is 3.15. The van der Waals surface area contributed by atoms with Crippen LogP contribution in [0.15, 0.2) is 18.2 Å². The van der Waals surface area contributed by atoms with Crippen molar-refractivity contribution in [3.63, 3.8) is 0 Å². The molecule has 8 heteroatoms. The first-order valence-corrected chi connectivity index (χ1v) is 7.59. The first-order valence-electron chi connectivity index (χ1n) is 5.95. The van der Waals surface area contributed by atoms with E-state index in [9.17, 15) is 4.79 Å². The lowest BCUT2D eigenvalue weighted by atomic mass is 10.2. The summed E-state index contributed by atoms with van der Waals surface area (Å²) in [6, 6.07) is 5.29. The van der Waals surface area contributed by atoms with Crippen molar-refractivity contribution in [2.45, 2.75) is 13.3 Å². The van der Waals surface area contributed by atoms with Crippen molar-refractivity contribution in [2.75, 3.05) is 11.1 Å². The van der Waals surface area contributed by atoms with Gasteiger partial charge < -0.3 is 5.73 Å². The zero-order chi connectivity index (χ0) is 14.1. The quantitative estimate of drug-likeness (QED) is 0.775. The van der Waals surface area contributed by atoms with Gasteiger partial charge >= 0.3 is 0 Å². The summed E-state index contributed by atoms with van der Waals surface area (Å²) < 4.78 is 0.890. The minimum atomic E-state index is -0.210. The van der Waals surface area contributed by atoms with Gasteiger partial charge in [-0.25, -0.2) is 4.98 Å². The van der Waals surface area contributed by atoms with Crippen LogP contribution in [0.25, 0.3) is 10.2 Å². The van der Waals surface area contributed by atoms with Gasteiger partial charge in [0.15, 0.2) is 5.13 Å². The molecule has 0 spiro atoms. The van der Waals surface area contributed by atoms with Crippen LogP contribution < -0.4 is 11.1 Å². The van der Waals surface area contributed by atoms with Crippen LogP contribution >= 0.6 is 22.7 Å². The van der Waals surface area contributed by atoms with Crippen LogP contribution in [0.5, 0.6) is 0 Å². The van der Waals surface area contributed by atoms with Crippen molar-refractivity contribution in [1.29, 1.82) is 0 Å². The number of rotatable bonds is 3. The van der Waals surface area contributed by atoms with E-state index in [1.165, 1.54) is 22.7 Å². The Labute approximate surface area is 122 Å². The number of thiazole rings is 1. The minimum Gasteiger partial charge on any atom is -0.375 e. The molecule has 0 bridgehead atoms. The van der Waals surface area contributed by atoms with E-state index in [1.807, 2.05) is 6.92 Å². The molecule has 1 aromatic carbocycles. The Hall–Kier alpha value is -2.06. The summed E-state index contributed by atoms with van der Waals surface area (Å²) in [4.78, 5) is 16.3. The zero-order valence-corrected chi connectivity index (χ0v) is 12.2. The molecule has 6 nitrogen and oxygen atoms in total. The van der Waals surface area contributed by atoms with E-state index in [2.05, 4.69) is 20.5 Å². The van der Waals surface area contributed by atoms with Crippen molar-refractivity contribution in [1.82, 2.24) is 15.2 Å². The molecule has 0 atom stereocenters. The fraction of sp³-hybridized carbons (Fsp3) is 0.167. The number of nitrogens with zero attached hydrogens (tertiary/aromatic N) is 3. The average Bonchev–Trinajstić information content (AvgIpc) is 3.02. The van der Waals surface area contributed by atoms with E-state index in [0.29, 0.717) is 15.8 Å². The minimum absolute atomic E-state index is 0.210. The van der Waals surface area contributed by atoms with Gasteiger partial charge in [0.1, 0.15) is 5.01 Å². The molecule has 0 fully saturated rings. The Morgan fingerprint density at radius 2 is 2.20 bits per heavy atom. The number of amides is 1. The summed E-state index contributed by atoms with van der Waals surface area (Å²) >= 11 is 2.74. The summed E-state index contributed by atoms with van der Waals surface area (Å²) in [5.74, 6) is -0.210. The molecule has 3 rings (SSSR count). The van der Waals surface area contributed by atoms with E-state index in [-0.39, 0.29) is 5.91 Å². The maximum atomic E-state index is 12.1.